The number of halogens is 2. The van der Waals surface area contributed by atoms with Crippen molar-refractivity contribution < 1.29 is 28.6 Å². The van der Waals surface area contributed by atoms with Crippen molar-refractivity contribution in [2.24, 2.45) is 5.92 Å². The van der Waals surface area contributed by atoms with Gasteiger partial charge in [0.2, 0.25) is 11.7 Å². The number of Topliss-reactive ketones (excluding diaryl/α,β-unsaturated/α-hetero) is 1. The van der Waals surface area contributed by atoms with E-state index in [-0.39, 0.29) is 37.0 Å². The number of anilines is 1. The highest BCUT2D eigenvalue weighted by molar-refractivity contribution is 6.30. The van der Waals surface area contributed by atoms with Gasteiger partial charge in [-0.2, -0.15) is 0 Å². The average Bonchev–Trinajstić information content (AvgIpc) is 3.19. The van der Waals surface area contributed by atoms with Crippen molar-refractivity contribution in [3.8, 4) is 11.5 Å². The minimum atomic E-state index is -1.04. The zero-order valence-corrected chi connectivity index (χ0v) is 19.2. The second kappa shape index (κ2) is 10.7. The molecule has 3 rings (SSSR count). The molecule has 0 radical (unpaired) electrons. The lowest BCUT2D eigenvalue weighted by molar-refractivity contribution is -0.151. The van der Waals surface area contributed by atoms with Gasteiger partial charge in [0.15, 0.2) is 6.10 Å². The van der Waals surface area contributed by atoms with Gasteiger partial charge >= 0.3 is 5.97 Å². The van der Waals surface area contributed by atoms with E-state index in [1.807, 2.05) is 0 Å². The van der Waals surface area contributed by atoms with E-state index in [1.165, 1.54) is 19.1 Å². The first-order valence-electron chi connectivity index (χ1n) is 9.96. The summed E-state index contributed by atoms with van der Waals surface area (Å²) in [6.45, 7) is 0.114. The predicted molar refractivity (Wildman–Crippen MR) is 121 cm³/mol. The van der Waals surface area contributed by atoms with Crippen LogP contribution >= 0.6 is 23.2 Å². The normalized spacial score (nSPS) is 16.6. The lowest BCUT2D eigenvalue weighted by Crippen LogP contribution is -2.32. The number of ether oxygens (including phenoxy) is 3. The molecular formula is C23H23Cl2NO6. The van der Waals surface area contributed by atoms with Crippen molar-refractivity contribution in [2.45, 2.75) is 18.9 Å². The Balaban J connectivity index is 1.73. The van der Waals surface area contributed by atoms with Crippen LogP contribution in [0.5, 0.6) is 11.5 Å². The van der Waals surface area contributed by atoms with Crippen molar-refractivity contribution in [3.05, 3.63) is 53.1 Å². The molecule has 2 aromatic carbocycles. The fraction of sp³-hybridized carbons (Fsp3) is 0.348. The summed E-state index contributed by atoms with van der Waals surface area (Å²) in [5.41, 5.74) is 0.896. The van der Waals surface area contributed by atoms with Gasteiger partial charge in [-0.25, -0.2) is 0 Å². The van der Waals surface area contributed by atoms with Crippen LogP contribution in [0.4, 0.5) is 5.69 Å². The molecule has 2 aromatic rings. The van der Waals surface area contributed by atoms with Crippen molar-refractivity contribution in [1.82, 2.24) is 0 Å². The van der Waals surface area contributed by atoms with Crippen LogP contribution in [-0.4, -0.2) is 50.4 Å². The Morgan fingerprint density at radius 2 is 1.84 bits per heavy atom. The van der Waals surface area contributed by atoms with Crippen LogP contribution in [0.2, 0.25) is 5.02 Å². The van der Waals surface area contributed by atoms with Gasteiger partial charge in [0.1, 0.15) is 11.5 Å². The summed E-state index contributed by atoms with van der Waals surface area (Å²) in [6, 6.07) is 11.4. The van der Waals surface area contributed by atoms with Crippen LogP contribution in [-0.2, 0) is 14.3 Å². The van der Waals surface area contributed by atoms with Gasteiger partial charge in [0, 0.05) is 41.9 Å². The Morgan fingerprint density at radius 1 is 1.12 bits per heavy atom. The molecular weight excluding hydrogens is 457 g/mol. The Morgan fingerprint density at radius 3 is 2.47 bits per heavy atom. The first-order valence-corrected chi connectivity index (χ1v) is 10.9. The van der Waals surface area contributed by atoms with E-state index >= 15 is 0 Å². The maximum absolute atomic E-state index is 12.8. The summed E-state index contributed by atoms with van der Waals surface area (Å²) in [7, 11) is 3.02. The van der Waals surface area contributed by atoms with Crippen molar-refractivity contribution >= 4 is 46.5 Å². The standard InChI is InChI=1S/C23H23Cl2NO6/c1-30-17-7-8-18(20(12-17)31-2)26-13-15(11-21(26)27)23(29)32-19(9-10-24)22(28)14-3-5-16(25)6-4-14/h3-8,12,15,19H,9-11,13H2,1-2H3/t15-,19+/m0/s1. The van der Waals surface area contributed by atoms with Crippen LogP contribution in [0.3, 0.4) is 0 Å². The highest BCUT2D eigenvalue weighted by Crippen LogP contribution is 2.36. The molecule has 0 unspecified atom stereocenters. The number of esters is 1. The molecule has 0 N–H and O–H groups in total. The molecule has 0 aromatic heterocycles. The van der Waals surface area contributed by atoms with E-state index in [4.69, 9.17) is 37.4 Å². The van der Waals surface area contributed by atoms with Gasteiger partial charge in [-0.1, -0.05) is 11.6 Å². The van der Waals surface area contributed by atoms with Gasteiger partial charge in [0.25, 0.3) is 0 Å². The number of benzene rings is 2. The van der Waals surface area contributed by atoms with Crippen LogP contribution in [0, 0.1) is 5.92 Å². The largest absolute Gasteiger partial charge is 0.497 e. The van der Waals surface area contributed by atoms with Gasteiger partial charge in [-0.3, -0.25) is 14.4 Å². The number of amides is 1. The lowest BCUT2D eigenvalue weighted by atomic mass is 10.0. The van der Waals surface area contributed by atoms with E-state index in [1.54, 1.807) is 42.5 Å². The molecule has 0 saturated carbocycles. The minimum absolute atomic E-state index is 0.0310. The quantitative estimate of drug-likeness (QED) is 0.305. The SMILES string of the molecule is COc1ccc(N2C[C@@H](C(=O)O[C@H](CCCl)C(=O)c3ccc(Cl)cc3)CC2=O)c(OC)c1. The third-order valence-corrected chi connectivity index (χ3v) is 5.66. The number of ketones is 1. The molecule has 1 saturated heterocycles. The molecule has 0 aliphatic carbocycles. The van der Waals surface area contributed by atoms with E-state index in [9.17, 15) is 14.4 Å². The molecule has 32 heavy (non-hydrogen) atoms. The van der Waals surface area contributed by atoms with Crippen molar-refractivity contribution in [2.75, 3.05) is 31.5 Å². The first kappa shape index (κ1) is 23.9. The maximum atomic E-state index is 12.8. The minimum Gasteiger partial charge on any atom is -0.497 e. The average molecular weight is 480 g/mol. The molecule has 1 amide bonds. The monoisotopic (exact) mass is 479 g/mol. The number of carbonyl (C=O) groups excluding carboxylic acids is 3. The van der Waals surface area contributed by atoms with E-state index in [0.717, 1.165) is 0 Å². The van der Waals surface area contributed by atoms with Gasteiger partial charge in [0.05, 0.1) is 25.8 Å². The third kappa shape index (κ3) is 5.34. The van der Waals surface area contributed by atoms with Crippen LogP contribution in [0.1, 0.15) is 23.2 Å². The molecule has 170 valence electrons. The number of rotatable bonds is 9. The van der Waals surface area contributed by atoms with Crippen LogP contribution in [0.15, 0.2) is 42.5 Å². The highest BCUT2D eigenvalue weighted by atomic mass is 35.5. The fourth-order valence-corrected chi connectivity index (χ4v) is 3.81. The molecule has 9 heteroatoms. The number of alkyl halides is 1. The van der Waals surface area contributed by atoms with E-state index in [2.05, 4.69) is 0 Å². The predicted octanol–water partition coefficient (Wildman–Crippen LogP) is 4.13. The lowest BCUT2D eigenvalue weighted by Gasteiger charge is -2.21. The Hall–Kier alpha value is -2.77. The van der Waals surface area contributed by atoms with Gasteiger partial charge in [-0.15, -0.1) is 11.6 Å². The molecule has 1 aliphatic rings. The number of hydrogen-bond donors (Lipinski definition) is 0. The smallest absolute Gasteiger partial charge is 0.312 e. The molecule has 2 atom stereocenters. The number of methoxy groups -OCH3 is 2. The number of hydrogen-bond acceptors (Lipinski definition) is 6. The van der Waals surface area contributed by atoms with E-state index < -0.39 is 18.0 Å². The first-order chi connectivity index (χ1) is 15.4. The molecule has 7 nitrogen and oxygen atoms in total. The second-order valence-corrected chi connectivity index (χ2v) is 8.03. The molecule has 0 spiro atoms. The third-order valence-electron chi connectivity index (χ3n) is 5.19. The summed E-state index contributed by atoms with van der Waals surface area (Å²) in [4.78, 5) is 39.8. The summed E-state index contributed by atoms with van der Waals surface area (Å²) in [5, 5.41) is 0.492. The molecule has 0 bridgehead atoms. The summed E-state index contributed by atoms with van der Waals surface area (Å²) >= 11 is 11.7. The van der Waals surface area contributed by atoms with Crippen LogP contribution in [0.25, 0.3) is 0 Å². The molecule has 1 heterocycles. The highest BCUT2D eigenvalue weighted by Gasteiger charge is 2.39. The topological polar surface area (TPSA) is 82.1 Å². The second-order valence-electron chi connectivity index (χ2n) is 7.22. The van der Waals surface area contributed by atoms with E-state index in [0.29, 0.717) is 27.8 Å². The number of carbonyl (C=O) groups is 3. The summed E-state index contributed by atoms with van der Waals surface area (Å²) in [5.74, 6) is -0.781. The van der Waals surface area contributed by atoms with Crippen molar-refractivity contribution in [1.29, 1.82) is 0 Å². The van der Waals surface area contributed by atoms with Gasteiger partial charge < -0.3 is 19.1 Å². The molecule has 1 aliphatic heterocycles. The Kier molecular flexibility index (Phi) is 7.99. The Bertz CT molecular complexity index is 994. The number of nitrogens with zero attached hydrogens (tertiary/aromatic N) is 1. The molecule has 1 fully saturated rings. The summed E-state index contributed by atoms with van der Waals surface area (Å²) in [6.07, 6.45) is -0.914. The van der Waals surface area contributed by atoms with Gasteiger partial charge in [-0.05, 0) is 36.4 Å². The maximum Gasteiger partial charge on any atom is 0.312 e. The van der Waals surface area contributed by atoms with Crippen molar-refractivity contribution in [3.63, 3.8) is 0 Å². The Labute approximate surface area is 196 Å². The zero-order valence-electron chi connectivity index (χ0n) is 17.7. The summed E-state index contributed by atoms with van der Waals surface area (Å²) < 4.78 is 16.1. The van der Waals surface area contributed by atoms with Crippen LogP contribution < -0.4 is 14.4 Å². The zero-order chi connectivity index (χ0) is 23.3. The fourth-order valence-electron chi connectivity index (χ4n) is 3.49.